The van der Waals surface area contributed by atoms with Gasteiger partial charge in [0.1, 0.15) is 0 Å². The summed E-state index contributed by atoms with van der Waals surface area (Å²) >= 11 is 0. The first-order valence-electron chi connectivity index (χ1n) is 12.9. The molecule has 1 saturated heterocycles. The molecule has 1 N–H and O–H groups in total. The average Bonchev–Trinajstić information content (AvgIpc) is 3.30. The van der Waals surface area contributed by atoms with Gasteiger partial charge in [0, 0.05) is 29.9 Å². The van der Waals surface area contributed by atoms with Crippen molar-refractivity contribution in [1.82, 2.24) is 19.7 Å². The molecule has 1 fully saturated rings. The molecular weight excluding hydrogens is 464 g/mol. The van der Waals surface area contributed by atoms with Crippen LogP contribution in [0.1, 0.15) is 82.3 Å². The summed E-state index contributed by atoms with van der Waals surface area (Å²) < 4.78 is 8.23. The molecule has 8 heteroatoms. The van der Waals surface area contributed by atoms with Crippen molar-refractivity contribution in [3.8, 4) is 17.3 Å². The zero-order chi connectivity index (χ0) is 26.8. The molecule has 1 aliphatic heterocycles. The van der Waals surface area contributed by atoms with E-state index in [0.717, 1.165) is 35.3 Å². The summed E-state index contributed by atoms with van der Waals surface area (Å²) in [5, 5.41) is 17.1. The van der Waals surface area contributed by atoms with Crippen LogP contribution in [0, 0.1) is 24.2 Å². The van der Waals surface area contributed by atoms with Gasteiger partial charge in [-0.15, -0.1) is 0 Å². The predicted molar refractivity (Wildman–Crippen MR) is 144 cm³/mol. The molecule has 1 aromatic carbocycles. The van der Waals surface area contributed by atoms with Crippen LogP contribution in [0.5, 0.6) is 0 Å². The van der Waals surface area contributed by atoms with Crippen molar-refractivity contribution in [1.29, 1.82) is 5.26 Å². The number of anilines is 2. The molecule has 4 rings (SSSR count). The molecule has 0 amide bonds. The number of nitrogens with one attached hydrogen (secondary N) is 1. The van der Waals surface area contributed by atoms with Gasteiger partial charge >= 0.3 is 0 Å². The van der Waals surface area contributed by atoms with Crippen LogP contribution in [0.3, 0.4) is 0 Å². The number of ketones is 1. The molecule has 37 heavy (non-hydrogen) atoms. The second-order valence-corrected chi connectivity index (χ2v) is 11.2. The van der Waals surface area contributed by atoms with Gasteiger partial charge in [-0.05, 0) is 59.4 Å². The Labute approximate surface area is 219 Å². The molecule has 0 unspecified atom stereocenters. The number of nitriles is 1. The minimum absolute atomic E-state index is 0.0185. The third-order valence-electron chi connectivity index (χ3n) is 6.80. The summed E-state index contributed by atoms with van der Waals surface area (Å²) in [5.74, 6) is 0.210. The van der Waals surface area contributed by atoms with Crippen molar-refractivity contribution in [2.75, 3.05) is 5.32 Å². The highest BCUT2D eigenvalue weighted by atomic mass is 16.5. The summed E-state index contributed by atoms with van der Waals surface area (Å²) in [5.41, 5.74) is 3.62. The number of carbonyl (C=O) groups is 1. The maximum absolute atomic E-state index is 12.5. The van der Waals surface area contributed by atoms with E-state index < -0.39 is 0 Å². The van der Waals surface area contributed by atoms with Crippen LogP contribution in [0.25, 0.3) is 11.3 Å². The van der Waals surface area contributed by atoms with Crippen molar-refractivity contribution in [2.45, 2.75) is 84.5 Å². The fraction of sp³-hybridized carbons (Fsp3) is 0.483. The molecule has 0 spiro atoms. The molecule has 2 aromatic heterocycles. The smallest absolute Gasteiger partial charge is 0.227 e. The number of hydrogen-bond acceptors (Lipinski definition) is 7. The molecule has 194 valence electrons. The summed E-state index contributed by atoms with van der Waals surface area (Å²) in [4.78, 5) is 21.7. The Morgan fingerprint density at radius 2 is 1.86 bits per heavy atom. The van der Waals surface area contributed by atoms with Gasteiger partial charge in [0.05, 0.1) is 46.8 Å². The molecule has 1 atom stereocenters. The molecule has 3 aromatic rings. The number of Topliss-reactive ketones (excluding diaryl/α,β-unsaturated/α-hetero) is 1. The fourth-order valence-corrected chi connectivity index (χ4v) is 5.19. The van der Waals surface area contributed by atoms with E-state index in [1.807, 2.05) is 36.9 Å². The van der Waals surface area contributed by atoms with E-state index in [-0.39, 0.29) is 35.4 Å². The van der Waals surface area contributed by atoms with Crippen molar-refractivity contribution >= 4 is 17.4 Å². The van der Waals surface area contributed by atoms with E-state index in [0.29, 0.717) is 17.9 Å². The van der Waals surface area contributed by atoms with E-state index in [9.17, 15) is 4.79 Å². The van der Waals surface area contributed by atoms with Gasteiger partial charge in [0.25, 0.3) is 0 Å². The number of carbonyl (C=O) groups excluding carboxylic acids is 1. The molecule has 0 radical (unpaired) electrons. The summed E-state index contributed by atoms with van der Waals surface area (Å²) in [6.07, 6.45) is 8.26. The Bertz CT molecular complexity index is 1290. The fourth-order valence-electron chi connectivity index (χ4n) is 5.19. The number of aryl methyl sites for hydroxylation is 1. The van der Waals surface area contributed by atoms with Crippen LogP contribution >= 0.6 is 0 Å². The van der Waals surface area contributed by atoms with Crippen molar-refractivity contribution in [2.24, 2.45) is 5.92 Å². The van der Waals surface area contributed by atoms with Crippen molar-refractivity contribution < 1.29 is 9.53 Å². The highest BCUT2D eigenvalue weighted by molar-refractivity contribution is 5.96. The number of aromatic nitrogens is 4. The summed E-state index contributed by atoms with van der Waals surface area (Å²) in [7, 11) is 0. The van der Waals surface area contributed by atoms with Gasteiger partial charge in [-0.25, -0.2) is 9.97 Å². The second kappa shape index (κ2) is 10.4. The number of ether oxygens (including phenoxy) is 1. The molecule has 0 bridgehead atoms. The largest absolute Gasteiger partial charge is 0.370 e. The summed E-state index contributed by atoms with van der Waals surface area (Å²) in [6, 6.07) is 9.83. The number of hydrogen-bond donors (Lipinski definition) is 1. The third kappa shape index (κ3) is 6.41. The Morgan fingerprint density at radius 3 is 2.49 bits per heavy atom. The van der Waals surface area contributed by atoms with Gasteiger partial charge in [-0.3, -0.25) is 9.48 Å². The molecule has 0 aliphatic carbocycles. The van der Waals surface area contributed by atoms with Crippen LogP contribution in [-0.2, 0) is 4.74 Å². The SMILES string of the molecule is CC[C@@H](C#N)CC(=O)c1ccc(-c2nc(Nc3cnn(C4CC(C)(C)OC(C)(C)C4)c3)ncc2C)cc1. The van der Waals surface area contributed by atoms with Crippen LogP contribution < -0.4 is 5.32 Å². The van der Waals surface area contributed by atoms with E-state index >= 15 is 0 Å². The van der Waals surface area contributed by atoms with Crippen molar-refractivity contribution in [3.05, 3.63) is 54.0 Å². The van der Waals surface area contributed by atoms with Crippen molar-refractivity contribution in [3.63, 3.8) is 0 Å². The minimum Gasteiger partial charge on any atom is -0.370 e. The number of rotatable bonds is 8. The standard InChI is InChI=1S/C29H36N6O2/c1-7-20(15-30)12-25(36)21-8-10-22(11-9-21)26-19(2)16-31-27(34-26)33-23-17-32-35(18-23)24-13-28(3,4)37-29(5,6)14-24/h8-11,16-18,20,24H,7,12-14H2,1-6H3,(H,31,33,34)/t20-/m1/s1. The normalized spacial score (nSPS) is 17.6. The van der Waals surface area contributed by atoms with Crippen LogP contribution in [0.15, 0.2) is 42.9 Å². The first kappa shape index (κ1) is 26.5. The lowest BCUT2D eigenvalue weighted by Crippen LogP contribution is -2.45. The topological polar surface area (TPSA) is 106 Å². The maximum atomic E-state index is 12.5. The lowest BCUT2D eigenvalue weighted by molar-refractivity contribution is -0.170. The molecule has 0 saturated carbocycles. The van der Waals surface area contributed by atoms with Crippen LogP contribution in [-0.4, -0.2) is 36.7 Å². The zero-order valence-electron chi connectivity index (χ0n) is 22.6. The molecular formula is C29H36N6O2. The molecule has 1 aliphatic rings. The highest BCUT2D eigenvalue weighted by Crippen LogP contribution is 2.40. The van der Waals surface area contributed by atoms with Gasteiger partial charge in [-0.2, -0.15) is 10.4 Å². The Kier molecular flexibility index (Phi) is 7.47. The van der Waals surface area contributed by atoms with Gasteiger partial charge < -0.3 is 10.1 Å². The Morgan fingerprint density at radius 1 is 1.19 bits per heavy atom. The lowest BCUT2D eigenvalue weighted by Gasteiger charge is -2.45. The monoisotopic (exact) mass is 500 g/mol. The first-order valence-corrected chi connectivity index (χ1v) is 12.9. The van der Waals surface area contributed by atoms with Gasteiger partial charge in [0.15, 0.2) is 5.78 Å². The van der Waals surface area contributed by atoms with E-state index in [4.69, 9.17) is 15.0 Å². The lowest BCUT2D eigenvalue weighted by atomic mass is 9.85. The quantitative estimate of drug-likeness (QED) is 0.356. The van der Waals surface area contributed by atoms with Crippen LogP contribution in [0.2, 0.25) is 0 Å². The maximum Gasteiger partial charge on any atom is 0.227 e. The predicted octanol–water partition coefficient (Wildman–Crippen LogP) is 6.42. The number of benzene rings is 1. The minimum atomic E-state index is -0.251. The third-order valence-corrected chi connectivity index (χ3v) is 6.80. The van der Waals surface area contributed by atoms with Gasteiger partial charge in [-0.1, -0.05) is 31.2 Å². The second-order valence-electron chi connectivity index (χ2n) is 11.2. The first-order chi connectivity index (χ1) is 17.5. The highest BCUT2D eigenvalue weighted by Gasteiger charge is 2.40. The van der Waals surface area contributed by atoms with Crippen LogP contribution in [0.4, 0.5) is 11.6 Å². The van der Waals surface area contributed by atoms with Gasteiger partial charge in [0.2, 0.25) is 5.95 Å². The summed E-state index contributed by atoms with van der Waals surface area (Å²) in [6.45, 7) is 12.4. The molecule has 3 heterocycles. The average molecular weight is 501 g/mol. The van der Waals surface area contributed by atoms with E-state index in [2.05, 4.69) is 49.2 Å². The van der Waals surface area contributed by atoms with E-state index in [1.54, 1.807) is 24.5 Å². The molecule has 8 nitrogen and oxygen atoms in total. The zero-order valence-corrected chi connectivity index (χ0v) is 22.6. The van der Waals surface area contributed by atoms with E-state index in [1.165, 1.54) is 0 Å². The Hall–Kier alpha value is -3.57. The number of nitrogens with zero attached hydrogens (tertiary/aromatic N) is 5. The Balaban J connectivity index is 1.49.